The van der Waals surface area contributed by atoms with Crippen molar-refractivity contribution < 1.29 is 18.0 Å². The van der Waals surface area contributed by atoms with Gasteiger partial charge in [0, 0.05) is 17.5 Å². The molecule has 2 N–H and O–H groups in total. The maximum Gasteiger partial charge on any atom is 0.433 e. The molecule has 0 saturated carbocycles. The minimum absolute atomic E-state index is 0.0806. The van der Waals surface area contributed by atoms with Gasteiger partial charge in [0.1, 0.15) is 10.5 Å². The van der Waals surface area contributed by atoms with Crippen molar-refractivity contribution in [2.45, 2.75) is 44.9 Å². The lowest BCUT2D eigenvalue weighted by Gasteiger charge is -2.28. The van der Waals surface area contributed by atoms with Gasteiger partial charge in [-0.25, -0.2) is 4.98 Å². The summed E-state index contributed by atoms with van der Waals surface area (Å²) in [6.07, 6.45) is -2.80. The molecule has 130 valence electrons. The molecule has 1 amide bonds. The Bertz CT molecular complexity index is 772. The first kappa shape index (κ1) is 17.2. The van der Waals surface area contributed by atoms with E-state index in [1.807, 2.05) is 0 Å². The summed E-state index contributed by atoms with van der Waals surface area (Å²) < 4.78 is 38.4. The van der Waals surface area contributed by atoms with E-state index in [9.17, 15) is 18.0 Å². The second-order valence-electron chi connectivity index (χ2n) is 6.15. The highest BCUT2D eigenvalue weighted by atomic mass is 32.1. The molecule has 1 aliphatic heterocycles. The zero-order valence-corrected chi connectivity index (χ0v) is 14.1. The number of rotatable bonds is 2. The Morgan fingerprint density at radius 3 is 2.83 bits per heavy atom. The number of carbonyl (C=O) groups is 1. The van der Waals surface area contributed by atoms with Crippen molar-refractivity contribution in [1.29, 1.82) is 0 Å². The molecule has 4 nitrogen and oxygen atoms in total. The first-order valence-electron chi connectivity index (χ1n) is 7.77. The molecular weight excluding hydrogens is 339 g/mol. The van der Waals surface area contributed by atoms with Gasteiger partial charge in [-0.2, -0.15) is 13.2 Å². The normalized spacial score (nSPS) is 21.9. The largest absolute Gasteiger partial charge is 0.433 e. The van der Waals surface area contributed by atoms with Crippen molar-refractivity contribution in [2.24, 2.45) is 0 Å². The number of piperidine rings is 1. The molecule has 2 aromatic rings. The number of hydrogen-bond donors (Lipinski definition) is 2. The average Bonchev–Trinajstić information content (AvgIpc) is 2.83. The lowest BCUT2D eigenvalue weighted by molar-refractivity contribution is -0.140. The summed E-state index contributed by atoms with van der Waals surface area (Å²) in [5, 5.41) is 6.90. The zero-order valence-electron chi connectivity index (χ0n) is 13.3. The summed E-state index contributed by atoms with van der Waals surface area (Å²) in [6, 6.07) is 2.76. The van der Waals surface area contributed by atoms with E-state index >= 15 is 0 Å². The SMILES string of the molecule is Cc1c(C(=O)NC2CCNC(C)C2)sc2nc(C(F)(F)F)ccc12. The molecule has 2 atom stereocenters. The van der Waals surface area contributed by atoms with Crippen LogP contribution in [0.2, 0.25) is 0 Å². The van der Waals surface area contributed by atoms with E-state index in [4.69, 9.17) is 0 Å². The molecule has 1 aliphatic rings. The number of carbonyl (C=O) groups excluding carboxylic acids is 1. The summed E-state index contributed by atoms with van der Waals surface area (Å²) in [7, 11) is 0. The number of fused-ring (bicyclic) bond motifs is 1. The minimum atomic E-state index is -4.49. The fourth-order valence-electron chi connectivity index (χ4n) is 2.99. The summed E-state index contributed by atoms with van der Waals surface area (Å²) in [5.74, 6) is -0.233. The second-order valence-corrected chi connectivity index (χ2v) is 7.15. The molecular formula is C16H18F3N3OS. The predicted molar refractivity (Wildman–Crippen MR) is 87.3 cm³/mol. The molecule has 2 unspecified atom stereocenters. The standard InChI is InChI=1S/C16H18F3N3OS/c1-8-7-10(5-6-20-8)21-14(23)13-9(2)11-3-4-12(16(17,18)19)22-15(11)24-13/h3-4,8,10,20H,5-7H2,1-2H3,(H,21,23). The molecule has 0 bridgehead atoms. The smallest absolute Gasteiger partial charge is 0.348 e. The summed E-state index contributed by atoms with van der Waals surface area (Å²) in [5.41, 5.74) is -0.258. The quantitative estimate of drug-likeness (QED) is 0.865. The highest BCUT2D eigenvalue weighted by molar-refractivity contribution is 7.20. The Morgan fingerprint density at radius 2 is 2.17 bits per heavy atom. The van der Waals surface area contributed by atoms with E-state index < -0.39 is 11.9 Å². The van der Waals surface area contributed by atoms with Crippen LogP contribution in [0.25, 0.3) is 10.2 Å². The van der Waals surface area contributed by atoms with Gasteiger partial charge in [0.05, 0.1) is 4.88 Å². The predicted octanol–water partition coefficient (Wildman–Crippen LogP) is 3.49. The molecule has 8 heteroatoms. The topological polar surface area (TPSA) is 54.0 Å². The van der Waals surface area contributed by atoms with Crippen molar-refractivity contribution in [3.05, 3.63) is 28.3 Å². The number of nitrogens with one attached hydrogen (secondary N) is 2. The van der Waals surface area contributed by atoms with Gasteiger partial charge in [-0.3, -0.25) is 4.79 Å². The van der Waals surface area contributed by atoms with Crippen molar-refractivity contribution in [2.75, 3.05) is 6.54 Å². The van der Waals surface area contributed by atoms with Crippen molar-refractivity contribution in [1.82, 2.24) is 15.6 Å². The molecule has 24 heavy (non-hydrogen) atoms. The van der Waals surface area contributed by atoms with Crippen LogP contribution >= 0.6 is 11.3 Å². The fourth-order valence-corrected chi connectivity index (χ4v) is 4.07. The van der Waals surface area contributed by atoms with Crippen LogP contribution in [0.1, 0.15) is 40.7 Å². The zero-order chi connectivity index (χ0) is 17.5. The number of hydrogen-bond acceptors (Lipinski definition) is 4. The van der Waals surface area contributed by atoms with E-state index in [0.717, 1.165) is 36.8 Å². The highest BCUT2D eigenvalue weighted by Crippen LogP contribution is 2.34. The van der Waals surface area contributed by atoms with Gasteiger partial charge in [0.15, 0.2) is 0 Å². The first-order valence-corrected chi connectivity index (χ1v) is 8.59. The Labute approximate surface area is 141 Å². The van der Waals surface area contributed by atoms with Crippen molar-refractivity contribution >= 4 is 27.5 Å². The number of aromatic nitrogens is 1. The molecule has 0 radical (unpaired) electrons. The van der Waals surface area contributed by atoms with Crippen LogP contribution in [-0.4, -0.2) is 29.5 Å². The number of pyridine rings is 1. The summed E-state index contributed by atoms with van der Waals surface area (Å²) >= 11 is 1.01. The van der Waals surface area contributed by atoms with Crippen LogP contribution in [0.4, 0.5) is 13.2 Å². The average molecular weight is 357 g/mol. The third-order valence-corrected chi connectivity index (χ3v) is 5.46. The van der Waals surface area contributed by atoms with Gasteiger partial charge in [-0.1, -0.05) is 0 Å². The third kappa shape index (κ3) is 3.39. The molecule has 0 aliphatic carbocycles. The van der Waals surface area contributed by atoms with Gasteiger partial charge in [0.2, 0.25) is 0 Å². The van der Waals surface area contributed by atoms with Gasteiger partial charge in [-0.15, -0.1) is 11.3 Å². The monoisotopic (exact) mass is 357 g/mol. The van der Waals surface area contributed by atoms with E-state index in [1.165, 1.54) is 6.07 Å². The lowest BCUT2D eigenvalue weighted by atomic mass is 10.0. The van der Waals surface area contributed by atoms with Gasteiger partial charge in [0.25, 0.3) is 5.91 Å². The van der Waals surface area contributed by atoms with E-state index in [2.05, 4.69) is 22.5 Å². The Morgan fingerprint density at radius 1 is 1.42 bits per heavy atom. The number of halogens is 3. The molecule has 1 saturated heterocycles. The number of amides is 1. The second kappa shape index (κ2) is 6.33. The van der Waals surface area contributed by atoms with Gasteiger partial charge in [-0.05, 0) is 50.9 Å². The Kier molecular flexibility index (Phi) is 4.52. The number of aryl methyl sites for hydroxylation is 1. The molecule has 3 rings (SSSR count). The first-order chi connectivity index (χ1) is 11.3. The molecule has 2 aromatic heterocycles. The molecule has 1 fully saturated rings. The lowest BCUT2D eigenvalue weighted by Crippen LogP contribution is -2.46. The summed E-state index contributed by atoms with van der Waals surface area (Å²) in [4.78, 5) is 16.9. The maximum atomic E-state index is 12.8. The van der Waals surface area contributed by atoms with Crippen LogP contribution in [0.3, 0.4) is 0 Å². The molecule has 3 heterocycles. The van der Waals surface area contributed by atoms with Gasteiger partial charge >= 0.3 is 6.18 Å². The van der Waals surface area contributed by atoms with E-state index in [0.29, 0.717) is 21.9 Å². The Balaban J connectivity index is 1.86. The van der Waals surface area contributed by atoms with E-state index in [1.54, 1.807) is 6.92 Å². The van der Waals surface area contributed by atoms with Crippen LogP contribution in [0, 0.1) is 6.92 Å². The molecule has 0 spiro atoms. The van der Waals surface area contributed by atoms with Crippen LogP contribution in [-0.2, 0) is 6.18 Å². The van der Waals surface area contributed by atoms with E-state index in [-0.39, 0.29) is 16.8 Å². The molecule has 0 aromatic carbocycles. The van der Waals surface area contributed by atoms with Crippen molar-refractivity contribution in [3.8, 4) is 0 Å². The van der Waals surface area contributed by atoms with Crippen LogP contribution in [0.5, 0.6) is 0 Å². The third-order valence-electron chi connectivity index (χ3n) is 4.26. The number of thiophene rings is 1. The maximum absolute atomic E-state index is 12.8. The van der Waals surface area contributed by atoms with Crippen LogP contribution in [0.15, 0.2) is 12.1 Å². The van der Waals surface area contributed by atoms with Gasteiger partial charge < -0.3 is 10.6 Å². The number of nitrogens with zero attached hydrogens (tertiary/aromatic N) is 1. The summed E-state index contributed by atoms with van der Waals surface area (Å²) in [6.45, 7) is 4.65. The minimum Gasteiger partial charge on any atom is -0.348 e. The van der Waals surface area contributed by atoms with Crippen LogP contribution < -0.4 is 10.6 Å². The highest BCUT2D eigenvalue weighted by Gasteiger charge is 2.33. The fraction of sp³-hybridized carbons (Fsp3) is 0.500. The number of alkyl halides is 3. The van der Waals surface area contributed by atoms with Crippen molar-refractivity contribution in [3.63, 3.8) is 0 Å². The Hall–Kier alpha value is -1.67.